The molecule has 0 aromatic heterocycles. The molecule has 9 nitrogen and oxygen atoms in total. The van der Waals surface area contributed by atoms with Gasteiger partial charge in [-0.05, 0) is 24.5 Å². The molecule has 2 saturated heterocycles. The molecular formula is C23H33ClN4O5S. The molecule has 2 fully saturated rings. The third-order valence-electron chi connectivity index (χ3n) is 6.96. The zero-order valence-electron chi connectivity index (χ0n) is 19.1. The SMILES string of the molecule is C[C@@H](O)[C@H]1C(=O)N2C(C(=O)O)=C(S[C@@H]3CN[C@@H](c4ccc([C@@H](N)CC(N)O)cc4)C3)[C@H](C)[C@H]12.Cl. The van der Waals surface area contributed by atoms with Crippen LogP contribution in [-0.4, -0.2) is 62.3 Å². The number of carboxylic acid groups (broad SMARTS) is 1. The highest BCUT2D eigenvalue weighted by atomic mass is 35.5. The predicted molar refractivity (Wildman–Crippen MR) is 132 cm³/mol. The van der Waals surface area contributed by atoms with E-state index in [-0.39, 0.29) is 59.7 Å². The Morgan fingerprint density at radius 3 is 2.47 bits per heavy atom. The third-order valence-corrected chi connectivity index (χ3v) is 8.47. The number of thioether (sulfide) groups is 1. The van der Waals surface area contributed by atoms with Crippen LogP contribution in [0.2, 0.25) is 0 Å². The van der Waals surface area contributed by atoms with Crippen molar-refractivity contribution in [3.05, 3.63) is 46.0 Å². The van der Waals surface area contributed by atoms with E-state index >= 15 is 0 Å². The maximum atomic E-state index is 12.5. The lowest BCUT2D eigenvalue weighted by molar-refractivity contribution is -0.163. The van der Waals surface area contributed by atoms with E-state index in [0.29, 0.717) is 0 Å². The second-order valence-electron chi connectivity index (χ2n) is 9.28. The highest BCUT2D eigenvalue weighted by molar-refractivity contribution is 8.03. The molecule has 8 atom stereocenters. The molecule has 1 aromatic carbocycles. The van der Waals surface area contributed by atoms with Crippen molar-refractivity contribution in [2.45, 2.75) is 62.4 Å². The van der Waals surface area contributed by atoms with Gasteiger partial charge in [-0.2, -0.15) is 0 Å². The summed E-state index contributed by atoms with van der Waals surface area (Å²) in [7, 11) is 0. The monoisotopic (exact) mass is 512 g/mol. The van der Waals surface area contributed by atoms with Crippen LogP contribution >= 0.6 is 24.2 Å². The molecule has 0 spiro atoms. The van der Waals surface area contributed by atoms with Crippen LogP contribution in [0.4, 0.5) is 0 Å². The van der Waals surface area contributed by atoms with Gasteiger partial charge < -0.3 is 37.0 Å². The van der Waals surface area contributed by atoms with E-state index in [1.807, 2.05) is 31.2 Å². The molecule has 3 aliphatic heterocycles. The van der Waals surface area contributed by atoms with Crippen molar-refractivity contribution >= 4 is 36.0 Å². The van der Waals surface area contributed by atoms with Gasteiger partial charge in [-0.15, -0.1) is 24.2 Å². The standard InChI is InChI=1S/C23H32N4O5S.ClH/c1-10-19-18(11(2)28)22(30)27(19)20(23(31)32)21(10)33-14-7-16(26-9-14)13-5-3-12(4-6-13)15(24)8-17(25)29;/h3-6,10-11,14-19,26,28-29H,7-9,24-25H2,1-2H3,(H,31,32);1H/t10-,11-,14+,15+,16-,17?,18-,19-;/m1./s1. The number of β-lactam (4-membered cyclic amide) rings is 1. The van der Waals surface area contributed by atoms with E-state index in [9.17, 15) is 24.9 Å². The number of aliphatic hydroxyl groups is 2. The molecule has 0 bridgehead atoms. The van der Waals surface area contributed by atoms with Crippen LogP contribution < -0.4 is 16.8 Å². The second kappa shape index (κ2) is 10.5. The summed E-state index contributed by atoms with van der Waals surface area (Å²) in [5.74, 6) is -2.08. The zero-order valence-corrected chi connectivity index (χ0v) is 20.8. The van der Waals surface area contributed by atoms with Crippen LogP contribution in [0.3, 0.4) is 0 Å². The first kappa shape index (κ1) is 26.9. The van der Waals surface area contributed by atoms with Gasteiger partial charge >= 0.3 is 5.97 Å². The van der Waals surface area contributed by atoms with E-state index in [1.54, 1.807) is 6.92 Å². The zero-order chi connectivity index (χ0) is 24.0. The number of rotatable bonds is 8. The van der Waals surface area contributed by atoms with Crippen LogP contribution in [0.15, 0.2) is 34.9 Å². The Balaban J connectivity index is 0.00000324. The van der Waals surface area contributed by atoms with E-state index in [2.05, 4.69) is 5.32 Å². The van der Waals surface area contributed by atoms with Crippen molar-refractivity contribution in [3.63, 3.8) is 0 Å². The molecule has 188 valence electrons. The maximum absolute atomic E-state index is 12.5. The highest BCUT2D eigenvalue weighted by Gasteiger charge is 2.60. The van der Waals surface area contributed by atoms with Gasteiger partial charge in [-0.3, -0.25) is 4.79 Å². The Labute approximate surface area is 209 Å². The summed E-state index contributed by atoms with van der Waals surface area (Å²) >= 11 is 1.54. The fourth-order valence-corrected chi connectivity index (χ4v) is 6.76. The van der Waals surface area contributed by atoms with Gasteiger partial charge in [-0.25, -0.2) is 4.79 Å². The van der Waals surface area contributed by atoms with Crippen LogP contribution in [0, 0.1) is 11.8 Å². The maximum Gasteiger partial charge on any atom is 0.353 e. The summed E-state index contributed by atoms with van der Waals surface area (Å²) in [4.78, 5) is 26.6. The smallest absolute Gasteiger partial charge is 0.353 e. The molecule has 1 amide bonds. The first-order valence-corrected chi connectivity index (χ1v) is 12.2. The van der Waals surface area contributed by atoms with Gasteiger partial charge in [0.05, 0.1) is 18.1 Å². The lowest BCUT2D eigenvalue weighted by Gasteiger charge is -2.46. The largest absolute Gasteiger partial charge is 0.477 e. The van der Waals surface area contributed by atoms with Crippen LogP contribution in [-0.2, 0) is 9.59 Å². The fraction of sp³-hybridized carbons (Fsp3) is 0.565. The number of carbonyl (C=O) groups is 2. The number of hydrogen-bond donors (Lipinski definition) is 6. The van der Waals surface area contributed by atoms with Crippen LogP contribution in [0.5, 0.6) is 0 Å². The number of aliphatic carboxylic acids is 1. The number of hydrogen-bond acceptors (Lipinski definition) is 8. The van der Waals surface area contributed by atoms with Crippen molar-refractivity contribution in [2.75, 3.05) is 6.54 Å². The third kappa shape index (κ3) is 4.86. The number of nitrogens with zero attached hydrogens (tertiary/aromatic N) is 1. The summed E-state index contributed by atoms with van der Waals surface area (Å²) in [5.41, 5.74) is 13.6. The number of nitrogens with two attached hydrogens (primary N) is 2. The number of amides is 1. The Morgan fingerprint density at radius 1 is 1.26 bits per heavy atom. The molecular weight excluding hydrogens is 480 g/mol. The molecule has 1 unspecified atom stereocenters. The minimum Gasteiger partial charge on any atom is -0.477 e. The van der Waals surface area contributed by atoms with Gasteiger partial charge in [-0.1, -0.05) is 31.2 Å². The molecule has 0 radical (unpaired) electrons. The summed E-state index contributed by atoms with van der Waals surface area (Å²) < 4.78 is 0. The number of fused-ring (bicyclic) bond motifs is 1. The van der Waals surface area contributed by atoms with Gasteiger partial charge in [0.15, 0.2) is 0 Å². The number of carboxylic acids is 1. The summed E-state index contributed by atoms with van der Waals surface area (Å²) in [6.07, 6.45) is -0.647. The number of carbonyl (C=O) groups excluding carboxylic acids is 1. The van der Waals surface area contributed by atoms with Gasteiger partial charge in [0.1, 0.15) is 11.9 Å². The Morgan fingerprint density at radius 2 is 1.91 bits per heavy atom. The molecule has 8 N–H and O–H groups in total. The highest BCUT2D eigenvalue weighted by Crippen LogP contribution is 2.52. The molecule has 3 heterocycles. The molecule has 11 heteroatoms. The molecule has 0 saturated carbocycles. The molecule has 4 rings (SSSR count). The topological polar surface area (TPSA) is 162 Å². The summed E-state index contributed by atoms with van der Waals surface area (Å²) in [6.45, 7) is 4.25. The Hall–Kier alpha value is -1.66. The first-order chi connectivity index (χ1) is 15.6. The van der Waals surface area contributed by atoms with Crippen molar-refractivity contribution in [1.82, 2.24) is 10.2 Å². The first-order valence-electron chi connectivity index (χ1n) is 11.3. The Bertz CT molecular complexity index is 957. The number of halogens is 1. The van der Waals surface area contributed by atoms with Crippen molar-refractivity contribution in [2.24, 2.45) is 23.3 Å². The number of aliphatic hydroxyl groups excluding tert-OH is 2. The van der Waals surface area contributed by atoms with Crippen molar-refractivity contribution in [3.8, 4) is 0 Å². The fourth-order valence-electron chi connectivity index (χ4n) is 5.28. The van der Waals surface area contributed by atoms with E-state index < -0.39 is 24.2 Å². The van der Waals surface area contributed by atoms with E-state index in [0.717, 1.165) is 29.0 Å². The normalized spacial score (nSPS) is 30.9. The predicted octanol–water partition coefficient (Wildman–Crippen LogP) is 1.07. The quantitative estimate of drug-likeness (QED) is 0.221. The average Bonchev–Trinajstić information content (AvgIpc) is 3.30. The molecule has 1 aromatic rings. The van der Waals surface area contributed by atoms with Gasteiger partial charge in [0.2, 0.25) is 5.91 Å². The van der Waals surface area contributed by atoms with E-state index in [1.165, 1.54) is 16.7 Å². The summed E-state index contributed by atoms with van der Waals surface area (Å²) in [6, 6.07) is 7.43. The number of benzene rings is 1. The lowest BCUT2D eigenvalue weighted by Crippen LogP contribution is -2.63. The number of nitrogens with one attached hydrogen (secondary N) is 1. The molecule has 3 aliphatic rings. The van der Waals surface area contributed by atoms with Crippen LogP contribution in [0.1, 0.15) is 49.9 Å². The lowest BCUT2D eigenvalue weighted by atomic mass is 9.79. The Kier molecular flexibility index (Phi) is 8.34. The van der Waals surface area contributed by atoms with Crippen molar-refractivity contribution in [1.29, 1.82) is 0 Å². The second-order valence-corrected chi connectivity index (χ2v) is 10.6. The van der Waals surface area contributed by atoms with Gasteiger partial charge in [0.25, 0.3) is 0 Å². The molecule has 0 aliphatic carbocycles. The van der Waals surface area contributed by atoms with Gasteiger partial charge in [0, 0.05) is 41.1 Å². The summed E-state index contributed by atoms with van der Waals surface area (Å²) in [5, 5.41) is 32.8. The molecule has 34 heavy (non-hydrogen) atoms. The minimum atomic E-state index is -1.10. The average molecular weight is 513 g/mol. The minimum absolute atomic E-state index is 0. The van der Waals surface area contributed by atoms with E-state index in [4.69, 9.17) is 11.5 Å². The van der Waals surface area contributed by atoms with Crippen molar-refractivity contribution < 1.29 is 24.9 Å². The van der Waals surface area contributed by atoms with Crippen LogP contribution in [0.25, 0.3) is 0 Å².